The molecule has 0 amide bonds. The maximum Gasteiger partial charge on any atom is 0.124 e. The lowest BCUT2D eigenvalue weighted by Crippen LogP contribution is -1.82. The van der Waals surface area contributed by atoms with Gasteiger partial charge in [-0.25, -0.2) is 4.39 Å². The molecule has 3 heteroatoms. The molecule has 1 aromatic rings. The van der Waals surface area contributed by atoms with Crippen molar-refractivity contribution >= 4 is 24.4 Å². The van der Waals surface area contributed by atoms with E-state index in [1.54, 1.807) is 23.9 Å². The average Bonchev–Trinajstić information content (AvgIpc) is 2.13. The van der Waals surface area contributed by atoms with E-state index in [4.69, 9.17) is 0 Å². The highest BCUT2D eigenvalue weighted by atomic mass is 32.2. The number of unbranched alkanes of at least 4 members (excludes halogenated alkanes) is 1. The summed E-state index contributed by atoms with van der Waals surface area (Å²) in [6.45, 7) is 0. The van der Waals surface area contributed by atoms with Crippen LogP contribution in [-0.4, -0.2) is 11.5 Å². The van der Waals surface area contributed by atoms with Gasteiger partial charge in [-0.1, -0.05) is 6.07 Å². The Morgan fingerprint density at radius 3 is 2.85 bits per heavy atom. The lowest BCUT2D eigenvalue weighted by atomic mass is 10.3. The van der Waals surface area contributed by atoms with Gasteiger partial charge in [0.2, 0.25) is 0 Å². The van der Waals surface area contributed by atoms with Gasteiger partial charge in [-0.2, -0.15) is 12.6 Å². The number of thiol groups is 1. The van der Waals surface area contributed by atoms with Crippen LogP contribution in [0.5, 0.6) is 0 Å². The maximum atomic E-state index is 12.7. The lowest BCUT2D eigenvalue weighted by molar-refractivity contribution is 0.624. The van der Waals surface area contributed by atoms with Crippen LogP contribution in [0, 0.1) is 5.82 Å². The van der Waals surface area contributed by atoms with Gasteiger partial charge in [0.1, 0.15) is 5.82 Å². The summed E-state index contributed by atoms with van der Waals surface area (Å²) in [7, 11) is 0. The van der Waals surface area contributed by atoms with Crippen LogP contribution in [0.2, 0.25) is 0 Å². The number of hydrogen-bond acceptors (Lipinski definition) is 2. The van der Waals surface area contributed by atoms with Crippen molar-refractivity contribution in [3.8, 4) is 0 Å². The van der Waals surface area contributed by atoms with E-state index in [9.17, 15) is 4.39 Å². The molecule has 0 fully saturated rings. The third-order valence-corrected chi connectivity index (χ3v) is 3.01. The van der Waals surface area contributed by atoms with Crippen molar-refractivity contribution in [3.05, 3.63) is 30.1 Å². The monoisotopic (exact) mass is 216 g/mol. The number of thioether (sulfide) groups is 1. The fraction of sp³-hybridized carbons (Fsp3) is 0.400. The Morgan fingerprint density at radius 1 is 1.31 bits per heavy atom. The van der Waals surface area contributed by atoms with Crippen molar-refractivity contribution in [3.63, 3.8) is 0 Å². The number of rotatable bonds is 5. The summed E-state index contributed by atoms with van der Waals surface area (Å²) in [5, 5.41) is 0. The van der Waals surface area contributed by atoms with Crippen molar-refractivity contribution in [2.45, 2.75) is 17.7 Å². The van der Waals surface area contributed by atoms with Crippen molar-refractivity contribution in [2.24, 2.45) is 0 Å². The molecule has 1 aromatic carbocycles. The highest BCUT2D eigenvalue weighted by Crippen LogP contribution is 2.19. The van der Waals surface area contributed by atoms with Gasteiger partial charge in [0.25, 0.3) is 0 Å². The summed E-state index contributed by atoms with van der Waals surface area (Å²) in [4.78, 5) is 1.01. The summed E-state index contributed by atoms with van der Waals surface area (Å²) >= 11 is 5.83. The van der Waals surface area contributed by atoms with E-state index < -0.39 is 0 Å². The largest absolute Gasteiger partial charge is 0.207 e. The smallest absolute Gasteiger partial charge is 0.124 e. The Balaban J connectivity index is 2.28. The molecule has 0 bridgehead atoms. The SMILES string of the molecule is Fc1cccc(SCCCCS)c1. The molecule has 0 aromatic heterocycles. The van der Waals surface area contributed by atoms with Crippen LogP contribution in [0.25, 0.3) is 0 Å². The molecule has 1 rings (SSSR count). The molecule has 0 aliphatic heterocycles. The van der Waals surface area contributed by atoms with Crippen molar-refractivity contribution in [1.29, 1.82) is 0 Å². The molecule has 72 valence electrons. The van der Waals surface area contributed by atoms with Crippen LogP contribution in [0.4, 0.5) is 4.39 Å². The van der Waals surface area contributed by atoms with Crippen LogP contribution < -0.4 is 0 Å². The maximum absolute atomic E-state index is 12.7. The highest BCUT2D eigenvalue weighted by Gasteiger charge is 1.95. The molecule has 0 saturated carbocycles. The third kappa shape index (κ3) is 4.58. The number of benzene rings is 1. The van der Waals surface area contributed by atoms with Crippen LogP contribution >= 0.6 is 24.4 Å². The molecule has 0 nitrogen and oxygen atoms in total. The summed E-state index contributed by atoms with van der Waals surface area (Å²) in [5.41, 5.74) is 0. The van der Waals surface area contributed by atoms with Crippen molar-refractivity contribution in [1.82, 2.24) is 0 Å². The van der Waals surface area contributed by atoms with E-state index in [1.165, 1.54) is 6.07 Å². The Hall–Kier alpha value is -0.150. The standard InChI is InChI=1S/C10H13FS2/c11-9-4-3-5-10(8-9)13-7-2-1-6-12/h3-5,8,12H,1-2,6-7H2. The van der Waals surface area contributed by atoms with Gasteiger partial charge >= 0.3 is 0 Å². The molecule has 13 heavy (non-hydrogen) atoms. The van der Waals surface area contributed by atoms with Gasteiger partial charge in [-0.3, -0.25) is 0 Å². The first-order valence-corrected chi connectivity index (χ1v) is 5.94. The zero-order valence-electron chi connectivity index (χ0n) is 7.37. The second-order valence-corrected chi connectivity index (χ2v) is 4.35. The zero-order valence-corrected chi connectivity index (χ0v) is 9.08. The Morgan fingerprint density at radius 2 is 2.15 bits per heavy atom. The predicted molar refractivity (Wildman–Crippen MR) is 60.2 cm³/mol. The van der Waals surface area contributed by atoms with E-state index in [1.807, 2.05) is 6.07 Å². The number of hydrogen-bond donors (Lipinski definition) is 1. The zero-order chi connectivity index (χ0) is 9.52. The van der Waals surface area contributed by atoms with Crippen LogP contribution in [0.3, 0.4) is 0 Å². The van der Waals surface area contributed by atoms with Crippen LogP contribution in [0.1, 0.15) is 12.8 Å². The van der Waals surface area contributed by atoms with Crippen LogP contribution in [-0.2, 0) is 0 Å². The Kier molecular flexibility index (Phi) is 5.32. The van der Waals surface area contributed by atoms with E-state index >= 15 is 0 Å². The minimum Gasteiger partial charge on any atom is -0.207 e. The molecular formula is C10H13FS2. The molecule has 0 saturated heterocycles. The third-order valence-electron chi connectivity index (χ3n) is 1.62. The van der Waals surface area contributed by atoms with Gasteiger partial charge in [0.05, 0.1) is 0 Å². The quantitative estimate of drug-likeness (QED) is 0.445. The molecular weight excluding hydrogens is 203 g/mol. The van der Waals surface area contributed by atoms with E-state index in [0.717, 1.165) is 29.2 Å². The minimum atomic E-state index is -0.154. The molecule has 0 heterocycles. The molecule has 0 spiro atoms. The Bertz CT molecular complexity index is 250. The van der Waals surface area contributed by atoms with Crippen molar-refractivity contribution < 1.29 is 4.39 Å². The molecule has 0 atom stereocenters. The highest BCUT2D eigenvalue weighted by molar-refractivity contribution is 7.99. The fourth-order valence-electron chi connectivity index (χ4n) is 0.961. The summed E-state index contributed by atoms with van der Waals surface area (Å²) in [6, 6.07) is 6.73. The number of halogens is 1. The fourth-order valence-corrected chi connectivity index (χ4v) is 2.14. The average molecular weight is 216 g/mol. The first kappa shape index (κ1) is 10.9. The van der Waals surface area contributed by atoms with E-state index in [2.05, 4.69) is 12.6 Å². The van der Waals surface area contributed by atoms with Gasteiger partial charge in [0.15, 0.2) is 0 Å². The molecule has 0 aliphatic rings. The normalized spacial score (nSPS) is 10.3. The van der Waals surface area contributed by atoms with Gasteiger partial charge < -0.3 is 0 Å². The lowest BCUT2D eigenvalue weighted by Gasteiger charge is -2.00. The van der Waals surface area contributed by atoms with Gasteiger partial charge in [-0.15, -0.1) is 11.8 Å². The predicted octanol–water partition coefficient (Wildman–Crippen LogP) is 3.63. The van der Waals surface area contributed by atoms with E-state index in [0.29, 0.717) is 0 Å². The van der Waals surface area contributed by atoms with Gasteiger partial charge in [-0.05, 0) is 42.5 Å². The van der Waals surface area contributed by atoms with Crippen LogP contribution in [0.15, 0.2) is 29.2 Å². The molecule has 0 unspecified atom stereocenters. The second-order valence-electron chi connectivity index (χ2n) is 2.74. The first-order chi connectivity index (χ1) is 6.33. The topological polar surface area (TPSA) is 0 Å². The second kappa shape index (κ2) is 6.33. The van der Waals surface area contributed by atoms with Gasteiger partial charge in [0, 0.05) is 4.90 Å². The summed E-state index contributed by atoms with van der Waals surface area (Å²) in [5.74, 6) is 1.83. The summed E-state index contributed by atoms with van der Waals surface area (Å²) in [6.07, 6.45) is 2.27. The minimum absolute atomic E-state index is 0.154. The molecule has 0 aliphatic carbocycles. The molecule has 0 N–H and O–H groups in total. The Labute approximate surface area is 88.3 Å². The summed E-state index contributed by atoms with van der Waals surface area (Å²) < 4.78 is 12.7. The molecule has 0 radical (unpaired) electrons. The first-order valence-electron chi connectivity index (χ1n) is 4.32. The van der Waals surface area contributed by atoms with E-state index in [-0.39, 0.29) is 5.82 Å². The van der Waals surface area contributed by atoms with Crippen molar-refractivity contribution in [2.75, 3.05) is 11.5 Å².